The second-order valence-electron chi connectivity index (χ2n) is 11.3. The van der Waals surface area contributed by atoms with Crippen LogP contribution in [0.4, 0.5) is 21.9 Å². The predicted molar refractivity (Wildman–Crippen MR) is 174 cm³/mol. The Kier molecular flexibility index (Phi) is 15.1. The standard InChI is InChI=1S/C33H48N4O3.CH4O/c1-6-8-17-37(18-9-7-2)27-15-16-28(32(39)34-30(22-38)26-13-11-10-12-14-26)29(21-27)35-33(40)36-31-24(4)19-23(3)20-25(31)5;1-2/h15-16,19-22,26,30H,6-14,17-18H2,1-5H3,(H,34,39)(H2,35,36,40);2H,1H3/t30-;/m1./s1. The summed E-state index contributed by atoms with van der Waals surface area (Å²) in [5.41, 5.74) is 5.60. The highest BCUT2D eigenvalue weighted by molar-refractivity contribution is 6.08. The number of carbonyl (C=O) groups is 3. The van der Waals surface area contributed by atoms with Gasteiger partial charge in [-0.25, -0.2) is 4.79 Å². The fraction of sp³-hybridized carbons (Fsp3) is 0.559. The van der Waals surface area contributed by atoms with Crippen molar-refractivity contribution in [3.05, 3.63) is 52.6 Å². The van der Waals surface area contributed by atoms with Gasteiger partial charge in [0.25, 0.3) is 5.91 Å². The molecule has 2 aromatic rings. The molecule has 1 saturated carbocycles. The summed E-state index contributed by atoms with van der Waals surface area (Å²) in [7, 11) is 1.00. The number of anilines is 3. The van der Waals surface area contributed by atoms with Gasteiger partial charge in [-0.2, -0.15) is 0 Å². The number of unbranched alkanes of at least 4 members (excludes halogenated alkanes) is 2. The van der Waals surface area contributed by atoms with E-state index in [1.54, 1.807) is 6.07 Å². The maximum absolute atomic E-state index is 13.5. The van der Waals surface area contributed by atoms with Crippen LogP contribution in [0.2, 0.25) is 0 Å². The number of aliphatic hydroxyl groups excluding tert-OH is 1. The van der Waals surface area contributed by atoms with Crippen molar-refractivity contribution in [1.29, 1.82) is 0 Å². The van der Waals surface area contributed by atoms with Crippen molar-refractivity contribution in [2.24, 2.45) is 5.92 Å². The minimum atomic E-state index is -0.530. The number of benzene rings is 2. The second kappa shape index (κ2) is 18.2. The van der Waals surface area contributed by atoms with Crippen LogP contribution in [0.3, 0.4) is 0 Å². The number of aliphatic hydroxyl groups is 1. The lowest BCUT2D eigenvalue weighted by Gasteiger charge is -2.28. The summed E-state index contributed by atoms with van der Waals surface area (Å²) in [5.74, 6) is -0.193. The van der Waals surface area contributed by atoms with Crippen molar-refractivity contribution in [3.8, 4) is 0 Å². The van der Waals surface area contributed by atoms with Crippen molar-refractivity contribution >= 4 is 35.3 Å². The van der Waals surface area contributed by atoms with Gasteiger partial charge >= 0.3 is 6.03 Å². The van der Waals surface area contributed by atoms with E-state index in [0.29, 0.717) is 11.3 Å². The molecule has 3 rings (SSSR count). The fourth-order valence-electron chi connectivity index (χ4n) is 5.73. The summed E-state index contributed by atoms with van der Waals surface area (Å²) < 4.78 is 0. The molecule has 1 atom stereocenters. The summed E-state index contributed by atoms with van der Waals surface area (Å²) in [6, 6.07) is 8.75. The third-order valence-electron chi connectivity index (χ3n) is 7.94. The molecule has 0 saturated heterocycles. The number of urea groups is 1. The predicted octanol–water partition coefficient (Wildman–Crippen LogP) is 7.15. The molecule has 1 aliphatic rings. The molecule has 0 heterocycles. The molecule has 0 unspecified atom stereocenters. The first-order valence-corrected chi connectivity index (χ1v) is 15.5. The molecule has 0 spiro atoms. The summed E-state index contributed by atoms with van der Waals surface area (Å²) in [6.07, 6.45) is 10.4. The van der Waals surface area contributed by atoms with E-state index in [1.807, 2.05) is 45.0 Å². The molecule has 2 aromatic carbocycles. The zero-order valence-electron chi connectivity index (χ0n) is 26.5. The number of aldehydes is 1. The molecule has 8 heteroatoms. The molecule has 3 amide bonds. The van der Waals surface area contributed by atoms with Gasteiger partial charge in [-0.05, 0) is 81.7 Å². The molecule has 4 N–H and O–H groups in total. The molecule has 0 radical (unpaired) electrons. The Hall–Kier alpha value is -3.39. The minimum absolute atomic E-state index is 0.153. The minimum Gasteiger partial charge on any atom is -0.400 e. The van der Waals surface area contributed by atoms with E-state index in [1.165, 1.54) is 6.42 Å². The van der Waals surface area contributed by atoms with E-state index >= 15 is 0 Å². The van der Waals surface area contributed by atoms with Gasteiger partial charge in [-0.15, -0.1) is 0 Å². The maximum Gasteiger partial charge on any atom is 0.323 e. The highest BCUT2D eigenvalue weighted by Gasteiger charge is 2.26. The average molecular weight is 581 g/mol. The van der Waals surface area contributed by atoms with Crippen LogP contribution in [0.5, 0.6) is 0 Å². The molecule has 1 aliphatic carbocycles. The van der Waals surface area contributed by atoms with E-state index in [2.05, 4.69) is 34.7 Å². The Morgan fingerprint density at radius 3 is 2.07 bits per heavy atom. The summed E-state index contributed by atoms with van der Waals surface area (Å²) in [6.45, 7) is 12.1. The first kappa shape index (κ1) is 34.8. The van der Waals surface area contributed by atoms with Crippen LogP contribution in [0, 0.1) is 26.7 Å². The second-order valence-corrected chi connectivity index (χ2v) is 11.3. The lowest BCUT2D eigenvalue weighted by molar-refractivity contribution is -0.110. The van der Waals surface area contributed by atoms with Crippen LogP contribution in [0.25, 0.3) is 0 Å². The number of aryl methyl sites for hydroxylation is 3. The lowest BCUT2D eigenvalue weighted by Crippen LogP contribution is -2.42. The SMILES string of the molecule is CCCCN(CCCC)c1ccc(C(=O)N[C@H](C=O)C2CCCCC2)c(NC(=O)Nc2c(C)cc(C)cc2C)c1.CO. The number of amides is 3. The number of nitrogens with one attached hydrogen (secondary N) is 3. The Bertz CT molecular complexity index is 1130. The molecular formula is C34H52N4O4. The van der Waals surface area contributed by atoms with Gasteiger partial charge in [0.1, 0.15) is 6.29 Å². The summed E-state index contributed by atoms with van der Waals surface area (Å²) in [5, 5.41) is 15.9. The summed E-state index contributed by atoms with van der Waals surface area (Å²) in [4.78, 5) is 41.1. The summed E-state index contributed by atoms with van der Waals surface area (Å²) >= 11 is 0. The first-order chi connectivity index (χ1) is 20.3. The van der Waals surface area contributed by atoms with Crippen LogP contribution in [0.15, 0.2) is 30.3 Å². The van der Waals surface area contributed by atoms with Gasteiger partial charge in [0, 0.05) is 31.6 Å². The van der Waals surface area contributed by atoms with Gasteiger partial charge in [-0.1, -0.05) is 63.6 Å². The van der Waals surface area contributed by atoms with Crippen LogP contribution in [-0.2, 0) is 4.79 Å². The number of rotatable bonds is 13. The van der Waals surface area contributed by atoms with E-state index in [0.717, 1.165) is 106 Å². The Balaban J connectivity index is 0.00000301. The highest BCUT2D eigenvalue weighted by atomic mass is 16.2. The Morgan fingerprint density at radius 2 is 1.52 bits per heavy atom. The number of nitrogens with zero attached hydrogens (tertiary/aromatic N) is 1. The highest BCUT2D eigenvalue weighted by Crippen LogP contribution is 2.29. The van der Waals surface area contributed by atoms with E-state index in [-0.39, 0.29) is 11.8 Å². The fourth-order valence-corrected chi connectivity index (χ4v) is 5.73. The zero-order chi connectivity index (χ0) is 31.1. The lowest BCUT2D eigenvalue weighted by atomic mass is 9.84. The molecule has 42 heavy (non-hydrogen) atoms. The molecule has 0 bridgehead atoms. The van der Waals surface area contributed by atoms with Crippen molar-refractivity contribution in [3.63, 3.8) is 0 Å². The largest absolute Gasteiger partial charge is 0.400 e. The van der Waals surface area contributed by atoms with Crippen LogP contribution >= 0.6 is 0 Å². The average Bonchev–Trinajstić information content (AvgIpc) is 2.99. The van der Waals surface area contributed by atoms with Crippen molar-refractivity contribution in [1.82, 2.24) is 5.32 Å². The zero-order valence-corrected chi connectivity index (χ0v) is 26.5. The topological polar surface area (TPSA) is 111 Å². The quantitative estimate of drug-likeness (QED) is 0.188. The van der Waals surface area contributed by atoms with Gasteiger partial charge in [0.15, 0.2) is 0 Å². The smallest absolute Gasteiger partial charge is 0.323 e. The van der Waals surface area contributed by atoms with Crippen molar-refractivity contribution in [2.75, 3.05) is 35.7 Å². The molecule has 0 aromatic heterocycles. The van der Waals surface area contributed by atoms with Crippen molar-refractivity contribution in [2.45, 2.75) is 98.4 Å². The van der Waals surface area contributed by atoms with Gasteiger partial charge in [-0.3, -0.25) is 4.79 Å². The van der Waals surface area contributed by atoms with E-state index < -0.39 is 12.1 Å². The van der Waals surface area contributed by atoms with Gasteiger partial charge < -0.3 is 30.8 Å². The van der Waals surface area contributed by atoms with Gasteiger partial charge in [0.05, 0.1) is 17.3 Å². The molecule has 0 aliphatic heterocycles. The Morgan fingerprint density at radius 1 is 0.929 bits per heavy atom. The van der Waals surface area contributed by atoms with Gasteiger partial charge in [0.2, 0.25) is 0 Å². The Labute approximate surface area is 252 Å². The third kappa shape index (κ3) is 10.2. The number of carbonyl (C=O) groups excluding carboxylic acids is 3. The van der Waals surface area contributed by atoms with Crippen LogP contribution < -0.4 is 20.9 Å². The van der Waals surface area contributed by atoms with E-state index in [9.17, 15) is 14.4 Å². The molecule has 1 fully saturated rings. The third-order valence-corrected chi connectivity index (χ3v) is 7.94. The monoisotopic (exact) mass is 580 g/mol. The number of hydrogen-bond donors (Lipinski definition) is 4. The van der Waals surface area contributed by atoms with E-state index in [4.69, 9.17) is 5.11 Å². The maximum atomic E-state index is 13.5. The normalized spacial score (nSPS) is 13.8. The molecule has 8 nitrogen and oxygen atoms in total. The molecule has 232 valence electrons. The van der Waals surface area contributed by atoms with Crippen molar-refractivity contribution < 1.29 is 19.5 Å². The van der Waals surface area contributed by atoms with Crippen LogP contribution in [0.1, 0.15) is 98.7 Å². The van der Waals surface area contributed by atoms with Crippen LogP contribution in [-0.4, -0.2) is 49.6 Å². The molecular weight excluding hydrogens is 528 g/mol. The first-order valence-electron chi connectivity index (χ1n) is 15.5. The number of hydrogen-bond acceptors (Lipinski definition) is 5.